The van der Waals surface area contributed by atoms with E-state index in [1.807, 2.05) is 24.3 Å². The second kappa shape index (κ2) is 7.79. The second-order valence-corrected chi connectivity index (χ2v) is 5.85. The summed E-state index contributed by atoms with van der Waals surface area (Å²) in [6.07, 6.45) is 0. The molecule has 2 aromatic carbocycles. The Kier molecular flexibility index (Phi) is 5.77. The highest BCUT2D eigenvalue weighted by Crippen LogP contribution is 2.17. The van der Waals surface area contributed by atoms with Crippen molar-refractivity contribution in [2.45, 2.75) is 19.8 Å². The van der Waals surface area contributed by atoms with Crippen LogP contribution in [0.4, 0.5) is 5.69 Å². The smallest absolute Gasteiger partial charge is 0.338 e. The lowest BCUT2D eigenvalue weighted by Gasteiger charge is -2.09. The summed E-state index contributed by atoms with van der Waals surface area (Å²) >= 11 is 5.81. The van der Waals surface area contributed by atoms with Crippen molar-refractivity contribution >= 4 is 29.2 Å². The highest BCUT2D eigenvalue weighted by molar-refractivity contribution is 6.30. The molecule has 0 saturated heterocycles. The highest BCUT2D eigenvalue weighted by Gasteiger charge is 2.11. The lowest BCUT2D eigenvalue weighted by molar-refractivity contribution is -0.119. The van der Waals surface area contributed by atoms with Crippen molar-refractivity contribution in [1.82, 2.24) is 0 Å². The number of amides is 1. The van der Waals surface area contributed by atoms with Crippen LogP contribution in [0.5, 0.6) is 0 Å². The van der Waals surface area contributed by atoms with Crippen LogP contribution >= 0.6 is 11.6 Å². The summed E-state index contributed by atoms with van der Waals surface area (Å²) in [6.45, 7) is 3.85. The maximum absolute atomic E-state index is 11.8. The number of benzene rings is 2. The molecule has 0 fully saturated rings. The molecule has 0 aliphatic carbocycles. The van der Waals surface area contributed by atoms with Gasteiger partial charge in [0.25, 0.3) is 5.91 Å². The standard InChI is InChI=1S/C18H18ClNO3/c1-12(2)13-6-8-16(9-7-13)20-17(21)11-23-18(22)14-4-3-5-15(19)10-14/h3-10,12H,11H2,1-2H3,(H,20,21). The van der Waals surface area contributed by atoms with E-state index in [4.69, 9.17) is 16.3 Å². The Morgan fingerprint density at radius 3 is 2.43 bits per heavy atom. The van der Waals surface area contributed by atoms with E-state index in [9.17, 15) is 9.59 Å². The van der Waals surface area contributed by atoms with E-state index in [-0.39, 0.29) is 6.61 Å². The topological polar surface area (TPSA) is 55.4 Å². The number of esters is 1. The molecule has 0 aliphatic rings. The van der Waals surface area contributed by atoms with Crippen LogP contribution in [-0.2, 0) is 9.53 Å². The van der Waals surface area contributed by atoms with Crippen molar-refractivity contribution in [3.8, 4) is 0 Å². The Morgan fingerprint density at radius 2 is 1.83 bits per heavy atom. The van der Waals surface area contributed by atoms with Gasteiger partial charge in [-0.1, -0.05) is 43.6 Å². The molecule has 0 aromatic heterocycles. The summed E-state index contributed by atoms with van der Waals surface area (Å²) in [5.41, 5.74) is 2.17. The summed E-state index contributed by atoms with van der Waals surface area (Å²) in [4.78, 5) is 23.6. The van der Waals surface area contributed by atoms with Crippen LogP contribution in [0.2, 0.25) is 5.02 Å². The van der Waals surface area contributed by atoms with Gasteiger partial charge in [0, 0.05) is 10.7 Å². The zero-order valence-corrected chi connectivity index (χ0v) is 13.8. The molecule has 0 radical (unpaired) electrons. The summed E-state index contributed by atoms with van der Waals surface area (Å²) in [5.74, 6) is -0.547. The quantitative estimate of drug-likeness (QED) is 0.833. The Morgan fingerprint density at radius 1 is 1.13 bits per heavy atom. The predicted molar refractivity (Wildman–Crippen MR) is 90.9 cm³/mol. The van der Waals surface area contributed by atoms with Gasteiger partial charge in [0.1, 0.15) is 0 Å². The monoisotopic (exact) mass is 331 g/mol. The number of hydrogen-bond donors (Lipinski definition) is 1. The largest absolute Gasteiger partial charge is 0.452 e. The molecular formula is C18H18ClNO3. The van der Waals surface area contributed by atoms with E-state index in [1.54, 1.807) is 18.2 Å². The Balaban J connectivity index is 1.86. The van der Waals surface area contributed by atoms with Crippen LogP contribution in [0.3, 0.4) is 0 Å². The van der Waals surface area contributed by atoms with Crippen LogP contribution in [0.25, 0.3) is 0 Å². The summed E-state index contributed by atoms with van der Waals surface area (Å²) in [6, 6.07) is 13.9. The first-order chi connectivity index (χ1) is 11.0. The number of nitrogens with one attached hydrogen (secondary N) is 1. The van der Waals surface area contributed by atoms with Gasteiger partial charge >= 0.3 is 5.97 Å². The van der Waals surface area contributed by atoms with E-state index in [0.717, 1.165) is 0 Å². The summed E-state index contributed by atoms with van der Waals surface area (Å²) in [5, 5.41) is 3.12. The predicted octanol–water partition coefficient (Wildman–Crippen LogP) is 4.26. The van der Waals surface area contributed by atoms with E-state index < -0.39 is 11.9 Å². The second-order valence-electron chi connectivity index (χ2n) is 5.41. The normalized spacial score (nSPS) is 10.4. The lowest BCUT2D eigenvalue weighted by Crippen LogP contribution is -2.20. The fraction of sp³-hybridized carbons (Fsp3) is 0.222. The number of rotatable bonds is 5. The Bertz CT molecular complexity index is 696. The first-order valence-corrected chi connectivity index (χ1v) is 7.66. The number of hydrogen-bond acceptors (Lipinski definition) is 3. The zero-order chi connectivity index (χ0) is 16.8. The molecule has 0 heterocycles. The van der Waals surface area contributed by atoms with Crippen molar-refractivity contribution < 1.29 is 14.3 Å². The molecule has 23 heavy (non-hydrogen) atoms. The summed E-state index contributed by atoms with van der Waals surface area (Å²) < 4.78 is 4.97. The Hall–Kier alpha value is -2.33. The van der Waals surface area contributed by atoms with Gasteiger partial charge in [-0.25, -0.2) is 4.79 Å². The molecule has 0 unspecified atom stereocenters. The third-order valence-electron chi connectivity index (χ3n) is 3.26. The van der Waals surface area contributed by atoms with Crippen LogP contribution in [0.15, 0.2) is 48.5 Å². The zero-order valence-electron chi connectivity index (χ0n) is 13.0. The van der Waals surface area contributed by atoms with Crippen molar-refractivity contribution in [3.63, 3.8) is 0 Å². The fourth-order valence-corrected chi connectivity index (χ4v) is 2.17. The van der Waals surface area contributed by atoms with E-state index in [2.05, 4.69) is 19.2 Å². The van der Waals surface area contributed by atoms with Gasteiger partial charge < -0.3 is 10.1 Å². The lowest BCUT2D eigenvalue weighted by atomic mass is 10.0. The van der Waals surface area contributed by atoms with Gasteiger partial charge in [-0.2, -0.15) is 0 Å². The molecule has 0 bridgehead atoms. The minimum absolute atomic E-state index is 0.312. The molecule has 2 rings (SSSR count). The van der Waals surface area contributed by atoms with Crippen molar-refractivity contribution in [1.29, 1.82) is 0 Å². The number of anilines is 1. The number of carbonyl (C=O) groups excluding carboxylic acids is 2. The van der Waals surface area contributed by atoms with Gasteiger partial charge in [-0.15, -0.1) is 0 Å². The first-order valence-electron chi connectivity index (χ1n) is 7.28. The molecule has 0 saturated carbocycles. The third kappa shape index (κ3) is 5.11. The molecule has 0 atom stereocenters. The Labute approximate surface area is 140 Å². The SMILES string of the molecule is CC(C)c1ccc(NC(=O)COC(=O)c2cccc(Cl)c2)cc1. The van der Waals surface area contributed by atoms with Crippen molar-refractivity contribution in [3.05, 3.63) is 64.7 Å². The number of halogens is 1. The maximum atomic E-state index is 11.8. The van der Waals surface area contributed by atoms with Crippen LogP contribution in [0.1, 0.15) is 35.7 Å². The molecule has 1 N–H and O–H groups in total. The first kappa shape index (κ1) is 17.0. The molecule has 1 amide bonds. The van der Waals surface area contributed by atoms with Crippen molar-refractivity contribution in [2.24, 2.45) is 0 Å². The minimum Gasteiger partial charge on any atom is -0.452 e. The fourth-order valence-electron chi connectivity index (χ4n) is 1.98. The molecule has 2 aromatic rings. The van der Waals surface area contributed by atoms with E-state index >= 15 is 0 Å². The molecule has 5 heteroatoms. The maximum Gasteiger partial charge on any atom is 0.338 e. The van der Waals surface area contributed by atoms with Crippen LogP contribution < -0.4 is 5.32 Å². The van der Waals surface area contributed by atoms with Crippen molar-refractivity contribution in [2.75, 3.05) is 11.9 Å². The van der Waals surface area contributed by atoms with Gasteiger partial charge in [0.2, 0.25) is 0 Å². The van der Waals surface area contributed by atoms with Crippen LogP contribution in [0, 0.1) is 0 Å². The molecule has 0 spiro atoms. The molecule has 120 valence electrons. The van der Waals surface area contributed by atoms with Gasteiger partial charge in [0.15, 0.2) is 6.61 Å². The van der Waals surface area contributed by atoms with Gasteiger partial charge in [-0.05, 0) is 41.8 Å². The van der Waals surface area contributed by atoms with Crippen LogP contribution in [-0.4, -0.2) is 18.5 Å². The number of ether oxygens (including phenoxy) is 1. The minimum atomic E-state index is -0.585. The molecule has 4 nitrogen and oxygen atoms in total. The average molecular weight is 332 g/mol. The highest BCUT2D eigenvalue weighted by atomic mass is 35.5. The van der Waals surface area contributed by atoms with E-state index in [1.165, 1.54) is 11.6 Å². The van der Waals surface area contributed by atoms with E-state index in [0.29, 0.717) is 22.2 Å². The molecular weight excluding hydrogens is 314 g/mol. The summed E-state index contributed by atoms with van der Waals surface area (Å²) in [7, 11) is 0. The average Bonchev–Trinajstić information content (AvgIpc) is 2.53. The molecule has 0 aliphatic heterocycles. The number of carbonyl (C=O) groups is 2. The van der Waals surface area contributed by atoms with Gasteiger partial charge in [0.05, 0.1) is 5.56 Å². The van der Waals surface area contributed by atoms with Gasteiger partial charge in [-0.3, -0.25) is 4.79 Å². The third-order valence-corrected chi connectivity index (χ3v) is 3.49.